The summed E-state index contributed by atoms with van der Waals surface area (Å²) in [4.78, 5) is 32.1. The molecule has 2 N–H and O–H groups in total. The van der Waals surface area contributed by atoms with Crippen molar-refractivity contribution < 1.29 is 19.8 Å². The van der Waals surface area contributed by atoms with E-state index in [1.54, 1.807) is 47.5 Å². The summed E-state index contributed by atoms with van der Waals surface area (Å²) in [7, 11) is 0. The molecule has 1 aliphatic rings. The summed E-state index contributed by atoms with van der Waals surface area (Å²) < 4.78 is 0. The number of phenolic OH excluding ortho intramolecular Hbond substituents is 1. The Kier molecular flexibility index (Phi) is 6.13. The molecule has 2 amide bonds. The Morgan fingerprint density at radius 2 is 1.96 bits per heavy atom. The van der Waals surface area contributed by atoms with Gasteiger partial charge >= 0.3 is 6.09 Å². The van der Waals surface area contributed by atoms with E-state index < -0.39 is 6.09 Å². The maximum Gasteiger partial charge on any atom is 0.407 e. The highest BCUT2D eigenvalue weighted by atomic mass is 16.4. The summed E-state index contributed by atoms with van der Waals surface area (Å²) in [6.07, 6.45) is 2.55. The first-order chi connectivity index (χ1) is 13.5. The monoisotopic (exact) mass is 383 g/mol. The first-order valence-electron chi connectivity index (χ1n) is 9.50. The molecule has 1 saturated heterocycles. The number of aromatic hydroxyl groups is 1. The Labute approximate surface area is 164 Å². The zero-order valence-electron chi connectivity index (χ0n) is 15.9. The average molecular weight is 383 g/mol. The van der Waals surface area contributed by atoms with E-state index in [4.69, 9.17) is 0 Å². The number of amides is 2. The molecule has 148 valence electrons. The number of carbonyl (C=O) groups excluding carboxylic acids is 1. The first-order valence-corrected chi connectivity index (χ1v) is 9.50. The van der Waals surface area contributed by atoms with Gasteiger partial charge in [-0.2, -0.15) is 0 Å². The van der Waals surface area contributed by atoms with Crippen molar-refractivity contribution in [3.8, 4) is 5.75 Å². The number of pyridine rings is 1. The van der Waals surface area contributed by atoms with Crippen molar-refractivity contribution in [2.24, 2.45) is 0 Å². The topological polar surface area (TPSA) is 94.0 Å². The van der Waals surface area contributed by atoms with Crippen LogP contribution in [0.25, 0.3) is 0 Å². The third kappa shape index (κ3) is 4.42. The van der Waals surface area contributed by atoms with Crippen molar-refractivity contribution in [1.29, 1.82) is 0 Å². The van der Waals surface area contributed by atoms with Crippen LogP contribution in [0.3, 0.4) is 0 Å². The highest BCUT2D eigenvalue weighted by Crippen LogP contribution is 2.22. The van der Waals surface area contributed by atoms with E-state index in [2.05, 4.69) is 4.98 Å². The summed E-state index contributed by atoms with van der Waals surface area (Å²) >= 11 is 0. The Hall–Kier alpha value is -3.09. The number of nitrogens with zero attached hydrogens (tertiary/aromatic N) is 3. The predicted octanol–water partition coefficient (Wildman–Crippen LogP) is 3.13. The highest BCUT2D eigenvalue weighted by molar-refractivity contribution is 5.95. The van der Waals surface area contributed by atoms with Crippen LogP contribution in [0.4, 0.5) is 4.79 Å². The van der Waals surface area contributed by atoms with E-state index in [1.807, 2.05) is 6.92 Å². The van der Waals surface area contributed by atoms with Crippen LogP contribution in [0.5, 0.6) is 5.75 Å². The molecule has 28 heavy (non-hydrogen) atoms. The lowest BCUT2D eigenvalue weighted by Gasteiger charge is -2.37. The number of rotatable bonds is 5. The average Bonchev–Trinajstić information content (AvgIpc) is 2.71. The van der Waals surface area contributed by atoms with Gasteiger partial charge in [0.25, 0.3) is 5.91 Å². The maximum absolute atomic E-state index is 12.8. The fourth-order valence-corrected chi connectivity index (χ4v) is 3.67. The van der Waals surface area contributed by atoms with Crippen LogP contribution in [0.15, 0.2) is 42.6 Å². The van der Waals surface area contributed by atoms with Crippen molar-refractivity contribution in [2.75, 3.05) is 13.1 Å². The van der Waals surface area contributed by atoms with Gasteiger partial charge in [0.05, 0.1) is 11.3 Å². The summed E-state index contributed by atoms with van der Waals surface area (Å²) in [5.74, 6) is 0.0738. The highest BCUT2D eigenvalue weighted by Gasteiger charge is 2.30. The van der Waals surface area contributed by atoms with E-state index in [9.17, 15) is 19.8 Å². The minimum absolute atomic E-state index is 0.0433. The molecular weight excluding hydrogens is 358 g/mol. The number of aryl methyl sites for hydroxylation is 1. The molecule has 1 fully saturated rings. The second-order valence-electron chi connectivity index (χ2n) is 6.95. The van der Waals surface area contributed by atoms with Crippen LogP contribution < -0.4 is 0 Å². The van der Waals surface area contributed by atoms with E-state index >= 15 is 0 Å². The molecule has 1 aromatic heterocycles. The molecule has 1 aromatic carbocycles. The number of phenols is 1. The van der Waals surface area contributed by atoms with Crippen LogP contribution in [-0.4, -0.2) is 56.1 Å². The number of hydrogen-bond acceptors (Lipinski definition) is 4. The molecule has 2 aromatic rings. The van der Waals surface area contributed by atoms with Crippen LogP contribution >= 0.6 is 0 Å². The van der Waals surface area contributed by atoms with E-state index in [0.717, 1.165) is 11.3 Å². The minimum Gasteiger partial charge on any atom is -0.508 e. The van der Waals surface area contributed by atoms with Gasteiger partial charge in [0.2, 0.25) is 0 Å². The Balaban J connectivity index is 1.65. The second-order valence-corrected chi connectivity index (χ2v) is 6.95. The molecule has 0 atom stereocenters. The third-order valence-electron chi connectivity index (χ3n) is 5.16. The van der Waals surface area contributed by atoms with E-state index in [1.165, 1.54) is 4.90 Å². The normalized spacial score (nSPS) is 14.7. The Morgan fingerprint density at radius 3 is 2.61 bits per heavy atom. The molecule has 0 radical (unpaired) electrons. The zero-order chi connectivity index (χ0) is 20.1. The lowest BCUT2D eigenvalue weighted by Crippen LogP contribution is -2.48. The first kappa shape index (κ1) is 19.7. The fraction of sp³-hybridized carbons (Fsp3) is 0.381. The molecular formula is C21H25N3O4. The number of benzene rings is 1. The van der Waals surface area contributed by atoms with Crippen molar-refractivity contribution in [3.05, 3.63) is 59.4 Å². The number of piperidine rings is 1. The minimum atomic E-state index is -0.992. The molecule has 7 heteroatoms. The Bertz CT molecular complexity index is 847. The van der Waals surface area contributed by atoms with E-state index in [-0.39, 0.29) is 24.2 Å². The number of carbonyl (C=O) groups is 2. The number of carboxylic acid groups (broad SMARTS) is 1. The Morgan fingerprint density at radius 1 is 1.21 bits per heavy atom. The third-order valence-corrected chi connectivity index (χ3v) is 5.16. The largest absolute Gasteiger partial charge is 0.508 e. The van der Waals surface area contributed by atoms with Gasteiger partial charge in [0, 0.05) is 31.9 Å². The van der Waals surface area contributed by atoms with Gasteiger partial charge in [-0.05, 0) is 49.1 Å². The van der Waals surface area contributed by atoms with Gasteiger partial charge < -0.3 is 20.0 Å². The standard InChI is InChI=1S/C21H25N3O4/c1-2-19-18(7-4-10-22-19)20(26)23-11-8-16(9-12-23)24(21(27)28)14-15-5-3-6-17(25)13-15/h3-7,10,13,16,25H,2,8-9,11-12,14H2,1H3,(H,27,28). The summed E-state index contributed by atoms with van der Waals surface area (Å²) in [5, 5.41) is 19.3. The zero-order valence-corrected chi connectivity index (χ0v) is 15.9. The summed E-state index contributed by atoms with van der Waals surface area (Å²) in [6.45, 7) is 3.19. The fourth-order valence-electron chi connectivity index (χ4n) is 3.67. The van der Waals surface area contributed by atoms with Gasteiger partial charge in [-0.25, -0.2) is 4.79 Å². The molecule has 0 unspecified atom stereocenters. The number of hydrogen-bond donors (Lipinski definition) is 2. The molecule has 0 spiro atoms. The maximum atomic E-state index is 12.8. The molecule has 3 rings (SSSR count). The van der Waals surface area contributed by atoms with Gasteiger partial charge in [0.15, 0.2) is 0 Å². The molecule has 1 aliphatic heterocycles. The number of likely N-dealkylation sites (tertiary alicyclic amines) is 1. The molecule has 0 saturated carbocycles. The quantitative estimate of drug-likeness (QED) is 0.827. The SMILES string of the molecule is CCc1ncccc1C(=O)N1CCC(N(Cc2cccc(O)c2)C(=O)O)CC1. The predicted molar refractivity (Wildman–Crippen MR) is 104 cm³/mol. The molecule has 7 nitrogen and oxygen atoms in total. The molecule has 2 heterocycles. The van der Waals surface area contributed by atoms with Crippen LogP contribution in [0, 0.1) is 0 Å². The van der Waals surface area contributed by atoms with Gasteiger partial charge in [-0.1, -0.05) is 19.1 Å². The smallest absolute Gasteiger partial charge is 0.407 e. The lowest BCUT2D eigenvalue weighted by molar-refractivity contribution is 0.0602. The molecule has 0 aliphatic carbocycles. The van der Waals surface area contributed by atoms with Crippen molar-refractivity contribution in [3.63, 3.8) is 0 Å². The lowest BCUT2D eigenvalue weighted by atomic mass is 10.0. The van der Waals surface area contributed by atoms with Gasteiger partial charge in [-0.15, -0.1) is 0 Å². The van der Waals surface area contributed by atoms with E-state index in [0.29, 0.717) is 37.9 Å². The molecule has 0 bridgehead atoms. The number of aromatic nitrogens is 1. The van der Waals surface area contributed by atoms with Crippen LogP contribution in [-0.2, 0) is 13.0 Å². The van der Waals surface area contributed by atoms with Crippen molar-refractivity contribution >= 4 is 12.0 Å². The second kappa shape index (κ2) is 8.73. The van der Waals surface area contributed by atoms with Gasteiger partial charge in [-0.3, -0.25) is 9.78 Å². The van der Waals surface area contributed by atoms with Crippen molar-refractivity contribution in [2.45, 2.75) is 38.8 Å². The summed E-state index contributed by atoms with van der Waals surface area (Å²) in [6, 6.07) is 10.0. The van der Waals surface area contributed by atoms with Gasteiger partial charge in [0.1, 0.15) is 5.75 Å². The van der Waals surface area contributed by atoms with Crippen LogP contribution in [0.1, 0.15) is 41.4 Å². The summed E-state index contributed by atoms with van der Waals surface area (Å²) in [5.41, 5.74) is 2.15. The van der Waals surface area contributed by atoms with Crippen molar-refractivity contribution in [1.82, 2.24) is 14.8 Å². The van der Waals surface area contributed by atoms with Crippen LogP contribution in [0.2, 0.25) is 0 Å².